The van der Waals surface area contributed by atoms with Crippen molar-refractivity contribution < 1.29 is 14.3 Å². The molecule has 120 valence electrons. The molecule has 1 N–H and O–H groups in total. The fourth-order valence-electron chi connectivity index (χ4n) is 2.75. The standard InChI is InChI=1S/C17H24N2O3/c1-12(2)16(20)18-14-9-15(17(21)22-3)19(11-14)10-13-7-5-4-6-8-13/h4-8,12,14-15H,9-11H2,1-3H3,(H,18,20)/t14-,15+/m1/s1. The van der Waals surface area contributed by atoms with Crippen molar-refractivity contribution in [1.82, 2.24) is 10.2 Å². The summed E-state index contributed by atoms with van der Waals surface area (Å²) in [5.41, 5.74) is 1.15. The summed E-state index contributed by atoms with van der Waals surface area (Å²) in [7, 11) is 1.41. The van der Waals surface area contributed by atoms with Crippen LogP contribution in [0.1, 0.15) is 25.8 Å². The Morgan fingerprint density at radius 1 is 1.32 bits per heavy atom. The Morgan fingerprint density at radius 2 is 2.00 bits per heavy atom. The van der Waals surface area contributed by atoms with E-state index >= 15 is 0 Å². The van der Waals surface area contributed by atoms with Crippen LogP contribution in [0.4, 0.5) is 0 Å². The van der Waals surface area contributed by atoms with Gasteiger partial charge in [0, 0.05) is 25.0 Å². The normalized spacial score (nSPS) is 21.8. The van der Waals surface area contributed by atoms with Gasteiger partial charge in [0.2, 0.25) is 5.91 Å². The number of methoxy groups -OCH3 is 1. The molecular formula is C17H24N2O3. The molecule has 0 bridgehead atoms. The second-order valence-corrected chi connectivity index (χ2v) is 6.05. The van der Waals surface area contributed by atoms with E-state index in [-0.39, 0.29) is 29.9 Å². The number of nitrogens with one attached hydrogen (secondary N) is 1. The van der Waals surface area contributed by atoms with Gasteiger partial charge in [0.25, 0.3) is 0 Å². The van der Waals surface area contributed by atoms with Crippen molar-refractivity contribution in [3.05, 3.63) is 35.9 Å². The maximum absolute atomic E-state index is 12.0. The number of rotatable bonds is 5. The molecule has 1 amide bonds. The second-order valence-electron chi connectivity index (χ2n) is 6.05. The number of likely N-dealkylation sites (tertiary alicyclic amines) is 1. The molecule has 0 spiro atoms. The molecule has 1 fully saturated rings. The van der Waals surface area contributed by atoms with Crippen molar-refractivity contribution in [2.45, 2.75) is 38.9 Å². The fraction of sp³-hybridized carbons (Fsp3) is 0.529. The van der Waals surface area contributed by atoms with Crippen LogP contribution in [0.15, 0.2) is 30.3 Å². The fourth-order valence-corrected chi connectivity index (χ4v) is 2.75. The maximum Gasteiger partial charge on any atom is 0.323 e. The first-order valence-electron chi connectivity index (χ1n) is 7.67. The van der Waals surface area contributed by atoms with Gasteiger partial charge in [-0.2, -0.15) is 0 Å². The van der Waals surface area contributed by atoms with Gasteiger partial charge < -0.3 is 10.1 Å². The molecule has 5 heteroatoms. The van der Waals surface area contributed by atoms with Gasteiger partial charge in [-0.25, -0.2) is 0 Å². The van der Waals surface area contributed by atoms with E-state index in [1.807, 2.05) is 44.2 Å². The summed E-state index contributed by atoms with van der Waals surface area (Å²) < 4.78 is 4.91. The minimum absolute atomic E-state index is 0.0114. The van der Waals surface area contributed by atoms with E-state index in [0.29, 0.717) is 19.5 Å². The van der Waals surface area contributed by atoms with Gasteiger partial charge in [-0.3, -0.25) is 14.5 Å². The summed E-state index contributed by atoms with van der Waals surface area (Å²) in [5.74, 6) is -0.271. The lowest BCUT2D eigenvalue weighted by Gasteiger charge is -2.22. The molecule has 0 radical (unpaired) electrons. The molecule has 5 nitrogen and oxygen atoms in total. The largest absolute Gasteiger partial charge is 0.468 e. The van der Waals surface area contributed by atoms with Crippen molar-refractivity contribution in [3.8, 4) is 0 Å². The molecule has 0 unspecified atom stereocenters. The Balaban J connectivity index is 2.05. The van der Waals surface area contributed by atoms with Gasteiger partial charge in [0.1, 0.15) is 6.04 Å². The highest BCUT2D eigenvalue weighted by atomic mass is 16.5. The van der Waals surface area contributed by atoms with E-state index < -0.39 is 0 Å². The van der Waals surface area contributed by atoms with Gasteiger partial charge in [-0.05, 0) is 12.0 Å². The zero-order valence-corrected chi connectivity index (χ0v) is 13.4. The number of carbonyl (C=O) groups is 2. The van der Waals surface area contributed by atoms with Crippen molar-refractivity contribution in [2.75, 3.05) is 13.7 Å². The molecular weight excluding hydrogens is 280 g/mol. The molecule has 1 aromatic rings. The molecule has 1 aromatic carbocycles. The van der Waals surface area contributed by atoms with E-state index in [1.54, 1.807) is 0 Å². The predicted molar refractivity (Wildman–Crippen MR) is 84.0 cm³/mol. The van der Waals surface area contributed by atoms with Gasteiger partial charge in [-0.1, -0.05) is 44.2 Å². The third kappa shape index (κ3) is 4.07. The lowest BCUT2D eigenvalue weighted by atomic mass is 10.1. The van der Waals surface area contributed by atoms with E-state index in [2.05, 4.69) is 10.2 Å². The van der Waals surface area contributed by atoms with E-state index in [0.717, 1.165) is 5.56 Å². The monoisotopic (exact) mass is 304 g/mol. The smallest absolute Gasteiger partial charge is 0.323 e. The van der Waals surface area contributed by atoms with Crippen molar-refractivity contribution in [2.24, 2.45) is 5.92 Å². The molecule has 1 aliphatic heterocycles. The van der Waals surface area contributed by atoms with Crippen LogP contribution in [-0.2, 0) is 20.9 Å². The third-order valence-electron chi connectivity index (χ3n) is 3.98. The van der Waals surface area contributed by atoms with E-state index in [9.17, 15) is 9.59 Å². The molecule has 22 heavy (non-hydrogen) atoms. The van der Waals surface area contributed by atoms with Crippen LogP contribution in [0.3, 0.4) is 0 Å². The highest BCUT2D eigenvalue weighted by Crippen LogP contribution is 2.22. The summed E-state index contributed by atoms with van der Waals surface area (Å²) in [5, 5.41) is 3.01. The average molecular weight is 304 g/mol. The average Bonchev–Trinajstić information content (AvgIpc) is 2.89. The SMILES string of the molecule is COC(=O)[C@@H]1C[C@@H](NC(=O)C(C)C)CN1Cc1ccccc1. The molecule has 1 aliphatic rings. The van der Waals surface area contributed by atoms with Crippen LogP contribution < -0.4 is 5.32 Å². The number of esters is 1. The summed E-state index contributed by atoms with van der Waals surface area (Å²) in [6.45, 7) is 5.06. The first-order chi connectivity index (χ1) is 10.5. The van der Waals surface area contributed by atoms with Crippen molar-refractivity contribution in [1.29, 1.82) is 0 Å². The number of nitrogens with zero attached hydrogens (tertiary/aromatic N) is 1. The zero-order chi connectivity index (χ0) is 16.1. The number of ether oxygens (including phenoxy) is 1. The van der Waals surface area contributed by atoms with Crippen LogP contribution in [0.25, 0.3) is 0 Å². The van der Waals surface area contributed by atoms with Gasteiger partial charge in [-0.15, -0.1) is 0 Å². The molecule has 2 rings (SSSR count). The van der Waals surface area contributed by atoms with Crippen LogP contribution in [0.5, 0.6) is 0 Å². The third-order valence-corrected chi connectivity index (χ3v) is 3.98. The molecule has 0 saturated carbocycles. The summed E-state index contributed by atoms with van der Waals surface area (Å²) in [6.07, 6.45) is 0.595. The maximum atomic E-state index is 12.0. The molecule has 2 atom stereocenters. The Morgan fingerprint density at radius 3 is 2.59 bits per heavy atom. The molecule has 0 aromatic heterocycles. The lowest BCUT2D eigenvalue weighted by Crippen LogP contribution is -2.39. The van der Waals surface area contributed by atoms with E-state index in [1.165, 1.54) is 7.11 Å². The van der Waals surface area contributed by atoms with Crippen LogP contribution in [0, 0.1) is 5.92 Å². The topological polar surface area (TPSA) is 58.6 Å². The number of carbonyl (C=O) groups excluding carboxylic acids is 2. The van der Waals surface area contributed by atoms with Gasteiger partial charge >= 0.3 is 5.97 Å². The van der Waals surface area contributed by atoms with Gasteiger partial charge in [0.05, 0.1) is 7.11 Å². The minimum Gasteiger partial charge on any atom is -0.468 e. The highest BCUT2D eigenvalue weighted by Gasteiger charge is 2.38. The second kappa shape index (κ2) is 7.40. The van der Waals surface area contributed by atoms with E-state index in [4.69, 9.17) is 4.74 Å². The van der Waals surface area contributed by atoms with Crippen LogP contribution >= 0.6 is 0 Å². The van der Waals surface area contributed by atoms with Crippen LogP contribution in [-0.4, -0.2) is 42.5 Å². The van der Waals surface area contributed by atoms with Gasteiger partial charge in [0.15, 0.2) is 0 Å². The predicted octanol–water partition coefficient (Wildman–Crippen LogP) is 1.57. The zero-order valence-electron chi connectivity index (χ0n) is 13.4. The first-order valence-corrected chi connectivity index (χ1v) is 7.67. The highest BCUT2D eigenvalue weighted by molar-refractivity contribution is 5.79. The number of hydrogen-bond acceptors (Lipinski definition) is 4. The lowest BCUT2D eigenvalue weighted by molar-refractivity contribution is -0.146. The number of benzene rings is 1. The Kier molecular flexibility index (Phi) is 5.55. The summed E-state index contributed by atoms with van der Waals surface area (Å²) in [6, 6.07) is 9.69. The number of amides is 1. The Labute approximate surface area is 131 Å². The quantitative estimate of drug-likeness (QED) is 0.839. The Hall–Kier alpha value is -1.88. The number of hydrogen-bond donors (Lipinski definition) is 1. The van der Waals surface area contributed by atoms with Crippen LogP contribution in [0.2, 0.25) is 0 Å². The summed E-state index contributed by atoms with van der Waals surface area (Å²) in [4.78, 5) is 25.9. The minimum atomic E-state index is -0.303. The first kappa shape index (κ1) is 16.5. The molecule has 1 saturated heterocycles. The molecule has 1 heterocycles. The Bertz CT molecular complexity index is 516. The van der Waals surface area contributed by atoms with Crippen molar-refractivity contribution in [3.63, 3.8) is 0 Å². The molecule has 0 aliphatic carbocycles. The summed E-state index contributed by atoms with van der Waals surface area (Å²) >= 11 is 0. The van der Waals surface area contributed by atoms with Crippen molar-refractivity contribution >= 4 is 11.9 Å².